The van der Waals surface area contributed by atoms with Crippen molar-refractivity contribution in [2.75, 3.05) is 5.32 Å². The van der Waals surface area contributed by atoms with Gasteiger partial charge in [-0.3, -0.25) is 9.36 Å². The summed E-state index contributed by atoms with van der Waals surface area (Å²) in [6.45, 7) is 3.59. The molecule has 0 bridgehead atoms. The number of fused-ring (bicyclic) bond motifs is 1. The van der Waals surface area contributed by atoms with Crippen LogP contribution in [-0.4, -0.2) is 15.5 Å². The molecule has 0 saturated carbocycles. The first-order valence-electron chi connectivity index (χ1n) is 8.44. The van der Waals surface area contributed by atoms with Crippen molar-refractivity contribution in [3.8, 4) is 11.5 Å². The smallest absolute Gasteiger partial charge is 0.420 e. The number of carbonyl (C=O) groups excluding carboxylic acids is 1. The highest BCUT2D eigenvalue weighted by Gasteiger charge is 2.13. The van der Waals surface area contributed by atoms with E-state index in [1.807, 2.05) is 19.9 Å². The largest absolute Gasteiger partial charge is 0.441 e. The van der Waals surface area contributed by atoms with Gasteiger partial charge in [-0.2, -0.15) is 0 Å². The Morgan fingerprint density at radius 3 is 2.70 bits per heavy atom. The van der Waals surface area contributed by atoms with Crippen molar-refractivity contribution in [2.24, 2.45) is 0 Å². The molecule has 0 spiro atoms. The van der Waals surface area contributed by atoms with Crippen LogP contribution >= 0.6 is 0 Å². The van der Waals surface area contributed by atoms with Crippen LogP contribution in [0.2, 0.25) is 0 Å². The second-order valence-electron chi connectivity index (χ2n) is 6.21. The maximum atomic E-state index is 12.4. The molecular formula is C20H17N3O4. The summed E-state index contributed by atoms with van der Waals surface area (Å²) in [5.74, 6) is 0.357. The van der Waals surface area contributed by atoms with Crippen LogP contribution < -0.4 is 11.1 Å². The van der Waals surface area contributed by atoms with Gasteiger partial charge in [0.05, 0.1) is 11.2 Å². The van der Waals surface area contributed by atoms with Gasteiger partial charge in [0.2, 0.25) is 11.8 Å². The molecule has 0 aliphatic rings. The number of hydrogen-bond donors (Lipinski definition) is 1. The number of anilines is 1. The van der Waals surface area contributed by atoms with Crippen LogP contribution in [0.5, 0.6) is 0 Å². The first-order chi connectivity index (χ1) is 13.0. The zero-order valence-corrected chi connectivity index (χ0v) is 14.9. The molecule has 0 radical (unpaired) electrons. The average Bonchev–Trinajstić information content (AvgIpc) is 3.15. The molecule has 7 nitrogen and oxygen atoms in total. The third-order valence-electron chi connectivity index (χ3n) is 4.30. The third-order valence-corrected chi connectivity index (χ3v) is 4.30. The van der Waals surface area contributed by atoms with E-state index in [0.29, 0.717) is 22.7 Å². The Morgan fingerprint density at radius 1 is 1.11 bits per heavy atom. The fraction of sp³-hybridized carbons (Fsp3) is 0.150. The summed E-state index contributed by atoms with van der Waals surface area (Å²) >= 11 is 0. The minimum absolute atomic E-state index is 0.142. The lowest BCUT2D eigenvalue weighted by atomic mass is 10.2. The molecule has 0 atom stereocenters. The average molecular weight is 363 g/mol. The minimum atomic E-state index is -0.564. The zero-order chi connectivity index (χ0) is 19.0. The second-order valence-corrected chi connectivity index (χ2v) is 6.21. The first-order valence-corrected chi connectivity index (χ1v) is 8.44. The summed E-state index contributed by atoms with van der Waals surface area (Å²) in [4.78, 5) is 28.8. The van der Waals surface area contributed by atoms with E-state index in [9.17, 15) is 9.59 Å². The molecule has 2 heterocycles. The predicted octanol–water partition coefficient (Wildman–Crippen LogP) is 3.51. The molecule has 4 rings (SSSR count). The number of para-hydroxylation sites is 2. The number of aryl methyl sites for hydroxylation is 2. The Bertz CT molecular complexity index is 1180. The van der Waals surface area contributed by atoms with Crippen LogP contribution in [0.1, 0.15) is 11.5 Å². The predicted molar refractivity (Wildman–Crippen MR) is 101 cm³/mol. The Kier molecular flexibility index (Phi) is 4.12. The van der Waals surface area contributed by atoms with Crippen molar-refractivity contribution in [1.29, 1.82) is 0 Å². The van der Waals surface area contributed by atoms with Crippen molar-refractivity contribution in [3.05, 3.63) is 70.5 Å². The van der Waals surface area contributed by atoms with E-state index >= 15 is 0 Å². The van der Waals surface area contributed by atoms with Gasteiger partial charge in [0.15, 0.2) is 5.58 Å². The van der Waals surface area contributed by atoms with Crippen LogP contribution in [0.15, 0.2) is 62.2 Å². The molecule has 0 aliphatic carbocycles. The molecule has 0 aliphatic heterocycles. The van der Waals surface area contributed by atoms with E-state index in [-0.39, 0.29) is 12.5 Å². The second kappa shape index (κ2) is 6.60. The minimum Gasteiger partial charge on any atom is -0.441 e. The lowest BCUT2D eigenvalue weighted by Gasteiger charge is -2.07. The van der Waals surface area contributed by atoms with Gasteiger partial charge in [0.25, 0.3) is 0 Å². The van der Waals surface area contributed by atoms with Gasteiger partial charge in [0.1, 0.15) is 12.3 Å². The monoisotopic (exact) mass is 363 g/mol. The number of aromatic nitrogens is 2. The normalized spacial score (nSPS) is 11.0. The van der Waals surface area contributed by atoms with Gasteiger partial charge in [-0.05, 0) is 44.2 Å². The molecule has 0 saturated heterocycles. The lowest BCUT2D eigenvalue weighted by molar-refractivity contribution is -0.116. The highest BCUT2D eigenvalue weighted by atomic mass is 16.4. The maximum absolute atomic E-state index is 12.4. The number of nitrogens with one attached hydrogen (secondary N) is 1. The molecule has 4 aromatic rings. The number of oxazole rings is 2. The van der Waals surface area contributed by atoms with Crippen LogP contribution in [-0.2, 0) is 11.3 Å². The topological polar surface area (TPSA) is 90.3 Å². The highest BCUT2D eigenvalue weighted by molar-refractivity contribution is 5.92. The summed E-state index contributed by atoms with van der Waals surface area (Å²) in [7, 11) is 0. The third kappa shape index (κ3) is 3.27. The summed E-state index contributed by atoms with van der Waals surface area (Å²) < 4.78 is 12.1. The van der Waals surface area contributed by atoms with Gasteiger partial charge >= 0.3 is 5.76 Å². The molecule has 7 heteroatoms. The van der Waals surface area contributed by atoms with Gasteiger partial charge in [0, 0.05) is 11.3 Å². The summed E-state index contributed by atoms with van der Waals surface area (Å²) in [6.07, 6.45) is 0. The van der Waals surface area contributed by atoms with Crippen molar-refractivity contribution in [2.45, 2.75) is 20.4 Å². The molecular weight excluding hydrogens is 346 g/mol. The van der Waals surface area contributed by atoms with Crippen LogP contribution in [0.4, 0.5) is 5.69 Å². The summed E-state index contributed by atoms with van der Waals surface area (Å²) in [5, 5.41) is 2.79. The van der Waals surface area contributed by atoms with Crippen LogP contribution in [0, 0.1) is 13.8 Å². The zero-order valence-electron chi connectivity index (χ0n) is 14.9. The van der Waals surface area contributed by atoms with Gasteiger partial charge in [-0.25, -0.2) is 9.78 Å². The van der Waals surface area contributed by atoms with Crippen molar-refractivity contribution in [1.82, 2.24) is 9.55 Å². The Hall–Kier alpha value is -3.61. The summed E-state index contributed by atoms with van der Waals surface area (Å²) in [6, 6.07) is 14.2. The molecule has 2 aromatic carbocycles. The molecule has 1 N–H and O–H groups in total. The van der Waals surface area contributed by atoms with Crippen molar-refractivity contribution in [3.63, 3.8) is 0 Å². The van der Waals surface area contributed by atoms with Gasteiger partial charge < -0.3 is 14.2 Å². The summed E-state index contributed by atoms with van der Waals surface area (Å²) in [5.41, 5.74) is 3.21. The standard InChI is InChI=1S/C20H17N3O4/c1-12-13(2)26-19(21-12)14-6-5-7-15(10-14)22-18(24)11-23-16-8-3-4-9-17(16)27-20(23)25/h3-10H,11H2,1-2H3,(H,22,24). The Labute approximate surface area is 154 Å². The Balaban J connectivity index is 1.55. The number of benzene rings is 2. The molecule has 2 aromatic heterocycles. The van der Waals surface area contributed by atoms with Gasteiger partial charge in [-0.1, -0.05) is 18.2 Å². The molecule has 27 heavy (non-hydrogen) atoms. The van der Waals surface area contributed by atoms with E-state index in [2.05, 4.69) is 10.3 Å². The number of carbonyl (C=O) groups is 1. The fourth-order valence-electron chi connectivity index (χ4n) is 2.83. The van der Waals surface area contributed by atoms with Crippen molar-refractivity contribution >= 4 is 22.7 Å². The van der Waals surface area contributed by atoms with Gasteiger partial charge in [-0.15, -0.1) is 0 Å². The van der Waals surface area contributed by atoms with E-state index < -0.39 is 5.76 Å². The molecule has 0 unspecified atom stereocenters. The number of hydrogen-bond acceptors (Lipinski definition) is 5. The Morgan fingerprint density at radius 2 is 1.93 bits per heavy atom. The highest BCUT2D eigenvalue weighted by Crippen LogP contribution is 2.24. The van der Waals surface area contributed by atoms with E-state index in [1.54, 1.807) is 42.5 Å². The van der Waals surface area contributed by atoms with E-state index in [4.69, 9.17) is 8.83 Å². The number of rotatable bonds is 4. The first kappa shape index (κ1) is 16.8. The fourth-order valence-corrected chi connectivity index (χ4v) is 2.83. The van der Waals surface area contributed by atoms with Crippen LogP contribution in [0.3, 0.4) is 0 Å². The van der Waals surface area contributed by atoms with Crippen LogP contribution in [0.25, 0.3) is 22.6 Å². The quantitative estimate of drug-likeness (QED) is 0.599. The molecule has 136 valence electrons. The maximum Gasteiger partial charge on any atom is 0.420 e. The number of amides is 1. The SMILES string of the molecule is Cc1nc(-c2cccc(NC(=O)Cn3c(=O)oc4ccccc43)c2)oc1C. The molecule has 1 amide bonds. The van der Waals surface area contributed by atoms with Crippen molar-refractivity contribution < 1.29 is 13.6 Å². The van der Waals surface area contributed by atoms with E-state index in [1.165, 1.54) is 4.57 Å². The molecule has 0 fully saturated rings. The number of nitrogens with zero attached hydrogens (tertiary/aromatic N) is 2. The lowest BCUT2D eigenvalue weighted by Crippen LogP contribution is -2.24. The van der Waals surface area contributed by atoms with E-state index in [0.717, 1.165) is 17.0 Å².